The fourth-order valence-electron chi connectivity index (χ4n) is 1.57. The number of nitrogens with two attached hydrogens (primary N) is 1. The second kappa shape index (κ2) is 7.12. The van der Waals surface area contributed by atoms with Crippen LogP contribution in [0.4, 0.5) is 11.4 Å². The van der Waals surface area contributed by atoms with Crippen molar-refractivity contribution in [2.24, 2.45) is 0 Å². The molecule has 3 N–H and O–H groups in total. The monoisotopic (exact) mass is 222 g/mol. The Morgan fingerprint density at radius 1 is 1.25 bits per heavy atom. The van der Waals surface area contributed by atoms with Crippen molar-refractivity contribution in [1.82, 2.24) is 0 Å². The lowest BCUT2D eigenvalue weighted by molar-refractivity contribution is 0.192. The average Bonchev–Trinajstić information content (AvgIpc) is 2.28. The van der Waals surface area contributed by atoms with Gasteiger partial charge in [-0.05, 0) is 49.9 Å². The highest BCUT2D eigenvalue weighted by molar-refractivity contribution is 5.56. The fourth-order valence-corrected chi connectivity index (χ4v) is 1.57. The van der Waals surface area contributed by atoms with E-state index in [1.165, 1.54) is 12.8 Å². The molecule has 90 valence electrons. The van der Waals surface area contributed by atoms with E-state index in [0.29, 0.717) is 0 Å². The topological polar surface area (TPSA) is 47.3 Å². The van der Waals surface area contributed by atoms with Crippen molar-refractivity contribution in [3.05, 3.63) is 23.8 Å². The number of nitrogens with one attached hydrogen (secondary N) is 1. The maximum Gasteiger partial charge on any atom is 0.0462 e. The summed E-state index contributed by atoms with van der Waals surface area (Å²) >= 11 is 0. The molecule has 0 aromatic heterocycles. The summed E-state index contributed by atoms with van der Waals surface area (Å²) in [6.45, 7) is 3.90. The second-order valence-corrected chi connectivity index (χ2v) is 4.05. The van der Waals surface area contributed by atoms with Gasteiger partial charge in [0.25, 0.3) is 0 Å². The quantitative estimate of drug-likeness (QED) is 0.551. The summed E-state index contributed by atoms with van der Waals surface area (Å²) in [4.78, 5) is 0. The molecule has 3 nitrogen and oxygen atoms in total. The highest BCUT2D eigenvalue weighted by Crippen LogP contribution is 2.16. The van der Waals surface area contributed by atoms with E-state index in [1.54, 1.807) is 7.11 Å². The van der Waals surface area contributed by atoms with E-state index >= 15 is 0 Å². The minimum Gasteiger partial charge on any atom is -0.399 e. The summed E-state index contributed by atoms with van der Waals surface area (Å²) in [6, 6.07) is 6.06. The SMILES string of the molecule is COCCCCCNc1ccc(N)c(C)c1. The average molecular weight is 222 g/mol. The molecule has 0 radical (unpaired) electrons. The maximum atomic E-state index is 5.76. The molecule has 0 spiro atoms. The van der Waals surface area contributed by atoms with Gasteiger partial charge in [-0.1, -0.05) is 0 Å². The number of methoxy groups -OCH3 is 1. The van der Waals surface area contributed by atoms with Gasteiger partial charge < -0.3 is 15.8 Å². The molecule has 0 saturated carbocycles. The minimum atomic E-state index is 0.852. The molecule has 0 aliphatic carbocycles. The number of benzene rings is 1. The Balaban J connectivity index is 2.19. The molecular weight excluding hydrogens is 200 g/mol. The molecule has 16 heavy (non-hydrogen) atoms. The third-order valence-electron chi connectivity index (χ3n) is 2.62. The van der Waals surface area contributed by atoms with E-state index in [0.717, 1.165) is 36.5 Å². The minimum absolute atomic E-state index is 0.852. The zero-order valence-corrected chi connectivity index (χ0v) is 10.3. The number of anilines is 2. The molecule has 0 saturated heterocycles. The van der Waals surface area contributed by atoms with Crippen LogP contribution in [0.15, 0.2) is 18.2 Å². The van der Waals surface area contributed by atoms with Gasteiger partial charge in [-0.15, -0.1) is 0 Å². The van der Waals surface area contributed by atoms with Crippen molar-refractivity contribution in [2.45, 2.75) is 26.2 Å². The molecule has 1 rings (SSSR count). The lowest BCUT2D eigenvalue weighted by Gasteiger charge is -2.08. The van der Waals surface area contributed by atoms with Gasteiger partial charge in [-0.3, -0.25) is 0 Å². The lowest BCUT2D eigenvalue weighted by atomic mass is 10.2. The van der Waals surface area contributed by atoms with Gasteiger partial charge in [0.1, 0.15) is 0 Å². The van der Waals surface area contributed by atoms with Gasteiger partial charge in [0.15, 0.2) is 0 Å². The van der Waals surface area contributed by atoms with Crippen LogP contribution in [-0.4, -0.2) is 20.3 Å². The number of hydrogen-bond donors (Lipinski definition) is 2. The van der Waals surface area contributed by atoms with Gasteiger partial charge in [-0.2, -0.15) is 0 Å². The smallest absolute Gasteiger partial charge is 0.0462 e. The largest absolute Gasteiger partial charge is 0.399 e. The van der Waals surface area contributed by atoms with Crippen LogP contribution in [-0.2, 0) is 4.74 Å². The van der Waals surface area contributed by atoms with Gasteiger partial charge >= 0.3 is 0 Å². The van der Waals surface area contributed by atoms with E-state index in [2.05, 4.69) is 11.4 Å². The van der Waals surface area contributed by atoms with Crippen molar-refractivity contribution in [1.29, 1.82) is 0 Å². The Bertz CT molecular complexity index is 313. The molecule has 1 aromatic rings. The summed E-state index contributed by atoms with van der Waals surface area (Å²) in [5.41, 5.74) is 8.89. The van der Waals surface area contributed by atoms with Crippen LogP contribution in [0.1, 0.15) is 24.8 Å². The number of rotatable bonds is 7. The van der Waals surface area contributed by atoms with Crippen LogP contribution in [0.2, 0.25) is 0 Å². The summed E-state index contributed by atoms with van der Waals surface area (Å²) in [6.07, 6.45) is 3.51. The Morgan fingerprint density at radius 2 is 2.06 bits per heavy atom. The molecule has 1 aromatic carbocycles. The van der Waals surface area contributed by atoms with Crippen LogP contribution in [0, 0.1) is 6.92 Å². The first-order valence-corrected chi connectivity index (χ1v) is 5.83. The molecule has 0 bridgehead atoms. The molecule has 0 unspecified atom stereocenters. The predicted octanol–water partition coefficient (Wildman–Crippen LogP) is 2.81. The first kappa shape index (κ1) is 12.8. The standard InChI is InChI=1S/C13H22N2O/c1-11-10-12(6-7-13(11)14)15-8-4-3-5-9-16-2/h6-7,10,15H,3-5,8-9,14H2,1-2H3. The van der Waals surface area contributed by atoms with E-state index < -0.39 is 0 Å². The van der Waals surface area contributed by atoms with E-state index in [4.69, 9.17) is 10.5 Å². The fraction of sp³-hybridized carbons (Fsp3) is 0.538. The van der Waals surface area contributed by atoms with Crippen LogP contribution < -0.4 is 11.1 Å². The van der Waals surface area contributed by atoms with Gasteiger partial charge in [-0.25, -0.2) is 0 Å². The summed E-state index contributed by atoms with van der Waals surface area (Å²) in [7, 11) is 1.75. The summed E-state index contributed by atoms with van der Waals surface area (Å²) in [5, 5.41) is 3.39. The van der Waals surface area contributed by atoms with E-state index in [9.17, 15) is 0 Å². The van der Waals surface area contributed by atoms with E-state index in [-0.39, 0.29) is 0 Å². The molecule has 0 aliphatic rings. The zero-order valence-electron chi connectivity index (χ0n) is 10.3. The van der Waals surface area contributed by atoms with Crippen molar-refractivity contribution in [3.63, 3.8) is 0 Å². The Hall–Kier alpha value is -1.22. The van der Waals surface area contributed by atoms with Crippen LogP contribution in [0.5, 0.6) is 0 Å². The first-order valence-electron chi connectivity index (χ1n) is 5.83. The third kappa shape index (κ3) is 4.53. The molecule has 0 fully saturated rings. The Morgan fingerprint density at radius 3 is 2.75 bits per heavy atom. The lowest BCUT2D eigenvalue weighted by Crippen LogP contribution is -2.02. The van der Waals surface area contributed by atoms with Crippen molar-refractivity contribution < 1.29 is 4.74 Å². The highest BCUT2D eigenvalue weighted by atomic mass is 16.5. The molecule has 0 heterocycles. The summed E-state index contributed by atoms with van der Waals surface area (Å²) < 4.78 is 5.00. The van der Waals surface area contributed by atoms with Crippen LogP contribution >= 0.6 is 0 Å². The number of hydrogen-bond acceptors (Lipinski definition) is 3. The molecule has 0 amide bonds. The van der Waals surface area contributed by atoms with Crippen molar-refractivity contribution in [3.8, 4) is 0 Å². The van der Waals surface area contributed by atoms with Crippen molar-refractivity contribution in [2.75, 3.05) is 31.3 Å². The van der Waals surface area contributed by atoms with Gasteiger partial charge in [0, 0.05) is 31.6 Å². The predicted molar refractivity (Wildman–Crippen MR) is 69.8 cm³/mol. The highest BCUT2D eigenvalue weighted by Gasteiger charge is 1.96. The molecule has 0 atom stereocenters. The first-order chi connectivity index (χ1) is 7.74. The van der Waals surface area contributed by atoms with Gasteiger partial charge in [0.2, 0.25) is 0 Å². The third-order valence-corrected chi connectivity index (χ3v) is 2.62. The van der Waals surface area contributed by atoms with E-state index in [1.807, 2.05) is 19.1 Å². The number of aryl methyl sites for hydroxylation is 1. The normalized spacial score (nSPS) is 10.4. The molecule has 3 heteroatoms. The Kier molecular flexibility index (Phi) is 5.72. The van der Waals surface area contributed by atoms with Crippen LogP contribution in [0.3, 0.4) is 0 Å². The summed E-state index contributed by atoms with van der Waals surface area (Å²) in [5.74, 6) is 0. The zero-order chi connectivity index (χ0) is 11.8. The maximum absolute atomic E-state index is 5.76. The second-order valence-electron chi connectivity index (χ2n) is 4.05. The molecular formula is C13H22N2O. The molecule has 0 aliphatic heterocycles. The van der Waals surface area contributed by atoms with Gasteiger partial charge in [0.05, 0.1) is 0 Å². The van der Waals surface area contributed by atoms with Crippen molar-refractivity contribution >= 4 is 11.4 Å². The number of nitrogen functional groups attached to an aromatic ring is 1. The number of ether oxygens (including phenoxy) is 1. The Labute approximate surface area is 98.0 Å². The van der Waals surface area contributed by atoms with Crippen LogP contribution in [0.25, 0.3) is 0 Å². The number of unbranched alkanes of at least 4 members (excludes halogenated alkanes) is 2.